The summed E-state index contributed by atoms with van der Waals surface area (Å²) in [5.41, 5.74) is 0. The number of rotatable bonds is 8. The number of carboxylic acid groups (broad SMARTS) is 1. The van der Waals surface area contributed by atoms with Gasteiger partial charge < -0.3 is 9.53 Å². The van der Waals surface area contributed by atoms with Gasteiger partial charge in [0.2, 0.25) is 0 Å². The van der Waals surface area contributed by atoms with Gasteiger partial charge in [-0.2, -0.15) is 0 Å². The first-order valence-electron chi connectivity index (χ1n) is 5.73. The average molecular weight is 232 g/mol. The second-order valence-electron chi connectivity index (χ2n) is 4.54. The molecule has 0 saturated carbocycles. The number of aliphatic carboxylic acids is 1. The van der Waals surface area contributed by atoms with Crippen LogP contribution in [-0.4, -0.2) is 26.5 Å². The Morgan fingerprint density at radius 2 is 2.07 bits per heavy atom. The fraction of sp³-hybridized carbons (Fsp3) is 0.909. The summed E-state index contributed by atoms with van der Waals surface area (Å²) in [5, 5.41) is 8.75. The summed E-state index contributed by atoms with van der Waals surface area (Å²) in [4.78, 5) is 10.6. The van der Waals surface area contributed by atoms with Crippen LogP contribution < -0.4 is 0 Å². The molecule has 15 heavy (non-hydrogen) atoms. The molecule has 0 spiro atoms. The maximum atomic E-state index is 10.6. The second-order valence-corrected chi connectivity index (χ2v) is 8.84. The molecule has 90 valence electrons. The Kier molecular flexibility index (Phi) is 6.84. The van der Waals surface area contributed by atoms with Crippen molar-refractivity contribution in [1.29, 1.82) is 0 Å². The number of hydrogen-bond donors (Lipinski definition) is 1. The minimum Gasteiger partial charge on any atom is -0.481 e. The third-order valence-corrected chi connectivity index (χ3v) is 6.99. The van der Waals surface area contributed by atoms with E-state index in [-0.39, 0.29) is 5.92 Å². The van der Waals surface area contributed by atoms with Crippen molar-refractivity contribution in [2.75, 3.05) is 7.11 Å². The van der Waals surface area contributed by atoms with Crippen molar-refractivity contribution < 1.29 is 14.3 Å². The van der Waals surface area contributed by atoms with E-state index in [0.29, 0.717) is 0 Å². The van der Waals surface area contributed by atoms with Gasteiger partial charge in [-0.15, -0.1) is 0 Å². The van der Waals surface area contributed by atoms with Gasteiger partial charge in [0.05, 0.1) is 5.92 Å². The fourth-order valence-corrected chi connectivity index (χ4v) is 4.43. The van der Waals surface area contributed by atoms with Crippen molar-refractivity contribution in [2.24, 2.45) is 5.92 Å². The van der Waals surface area contributed by atoms with E-state index in [1.165, 1.54) is 6.04 Å². The van der Waals surface area contributed by atoms with E-state index in [0.717, 1.165) is 25.3 Å². The van der Waals surface area contributed by atoms with Crippen molar-refractivity contribution in [1.82, 2.24) is 0 Å². The lowest BCUT2D eigenvalue weighted by atomic mass is 10.1. The zero-order chi connectivity index (χ0) is 11.9. The molecule has 0 fully saturated rings. The zero-order valence-corrected chi connectivity index (χ0v) is 11.4. The summed E-state index contributed by atoms with van der Waals surface area (Å²) in [5.74, 6) is -0.909. The Morgan fingerprint density at radius 1 is 1.47 bits per heavy atom. The predicted molar refractivity (Wildman–Crippen MR) is 64.6 cm³/mol. The van der Waals surface area contributed by atoms with E-state index in [1.54, 1.807) is 14.0 Å². The molecule has 2 unspecified atom stereocenters. The largest absolute Gasteiger partial charge is 0.481 e. The lowest BCUT2D eigenvalue weighted by molar-refractivity contribution is -0.141. The number of carbonyl (C=O) groups is 1. The van der Waals surface area contributed by atoms with Crippen molar-refractivity contribution in [2.45, 2.75) is 51.7 Å². The lowest BCUT2D eigenvalue weighted by Crippen LogP contribution is -2.32. The minimum absolute atomic E-state index is 0.221. The molecular weight excluding hydrogens is 208 g/mol. The molecule has 0 aliphatic rings. The van der Waals surface area contributed by atoms with Crippen LogP contribution in [0.3, 0.4) is 0 Å². The van der Waals surface area contributed by atoms with Crippen LogP contribution in [0, 0.1) is 5.92 Å². The Hall–Kier alpha value is -0.353. The van der Waals surface area contributed by atoms with E-state index in [1.807, 2.05) is 0 Å². The van der Waals surface area contributed by atoms with Crippen molar-refractivity contribution in [3.63, 3.8) is 0 Å². The van der Waals surface area contributed by atoms with Gasteiger partial charge in [-0.05, 0) is 25.1 Å². The Morgan fingerprint density at radius 3 is 2.47 bits per heavy atom. The topological polar surface area (TPSA) is 46.5 Å². The van der Waals surface area contributed by atoms with Crippen LogP contribution in [0.25, 0.3) is 0 Å². The van der Waals surface area contributed by atoms with E-state index < -0.39 is 14.3 Å². The number of hydrogen-bond acceptors (Lipinski definition) is 2. The highest BCUT2D eigenvalue weighted by molar-refractivity contribution is 6.72. The van der Waals surface area contributed by atoms with Crippen molar-refractivity contribution in [3.8, 4) is 0 Å². The first-order chi connectivity index (χ1) is 6.95. The summed E-state index contributed by atoms with van der Waals surface area (Å²) < 4.78 is 5.61. The van der Waals surface area contributed by atoms with Crippen LogP contribution in [0.15, 0.2) is 0 Å². The van der Waals surface area contributed by atoms with Crippen LogP contribution in [0.1, 0.15) is 33.1 Å². The van der Waals surface area contributed by atoms with Gasteiger partial charge in [-0.1, -0.05) is 26.7 Å². The molecule has 0 aromatic heterocycles. The summed E-state index contributed by atoms with van der Waals surface area (Å²) in [6, 6.07) is 2.25. The first-order valence-corrected chi connectivity index (χ1v) is 8.55. The molecule has 0 rings (SSSR count). The maximum absolute atomic E-state index is 10.6. The van der Waals surface area contributed by atoms with E-state index >= 15 is 0 Å². The van der Waals surface area contributed by atoms with Crippen LogP contribution in [-0.2, 0) is 9.22 Å². The highest BCUT2D eigenvalue weighted by Gasteiger charge is 2.26. The quantitative estimate of drug-likeness (QED) is 0.654. The molecular formula is C11H24O3Si. The fourth-order valence-electron chi connectivity index (χ4n) is 1.76. The molecule has 0 aliphatic heterocycles. The Bertz CT molecular complexity index is 196. The van der Waals surface area contributed by atoms with Gasteiger partial charge in [0.25, 0.3) is 0 Å². The molecule has 0 saturated heterocycles. The molecule has 0 aromatic carbocycles. The van der Waals surface area contributed by atoms with Gasteiger partial charge in [0.1, 0.15) is 0 Å². The van der Waals surface area contributed by atoms with E-state index in [9.17, 15) is 4.79 Å². The molecule has 4 heteroatoms. The summed E-state index contributed by atoms with van der Waals surface area (Å²) in [6.07, 6.45) is 2.90. The second kappa shape index (κ2) is 7.01. The van der Waals surface area contributed by atoms with E-state index in [2.05, 4.69) is 13.5 Å². The van der Waals surface area contributed by atoms with Crippen LogP contribution in [0.2, 0.25) is 18.6 Å². The SMILES string of the molecule is CCC[Si](C)(CCCC(C)C(=O)O)OC. The molecule has 1 N–H and O–H groups in total. The molecule has 0 aliphatic carbocycles. The molecule has 0 radical (unpaired) electrons. The Balaban J connectivity index is 3.86. The summed E-state index contributed by atoms with van der Waals surface area (Å²) in [6.45, 7) is 6.18. The highest BCUT2D eigenvalue weighted by atomic mass is 28.4. The Labute approximate surface area is 94.0 Å². The molecule has 0 amide bonds. The number of carboxylic acids is 1. The zero-order valence-electron chi connectivity index (χ0n) is 10.4. The lowest BCUT2D eigenvalue weighted by Gasteiger charge is -2.25. The highest BCUT2D eigenvalue weighted by Crippen LogP contribution is 2.22. The summed E-state index contributed by atoms with van der Waals surface area (Å²) >= 11 is 0. The third-order valence-electron chi connectivity index (χ3n) is 3.04. The van der Waals surface area contributed by atoms with Crippen LogP contribution in [0.4, 0.5) is 0 Å². The molecule has 0 heterocycles. The molecule has 0 aromatic rings. The first kappa shape index (κ1) is 14.6. The normalized spacial score (nSPS) is 17.1. The monoisotopic (exact) mass is 232 g/mol. The van der Waals surface area contributed by atoms with E-state index in [4.69, 9.17) is 9.53 Å². The van der Waals surface area contributed by atoms with Crippen molar-refractivity contribution >= 4 is 14.3 Å². The molecule has 3 nitrogen and oxygen atoms in total. The van der Waals surface area contributed by atoms with Crippen molar-refractivity contribution in [3.05, 3.63) is 0 Å². The van der Waals surface area contributed by atoms with Crippen LogP contribution >= 0.6 is 0 Å². The summed E-state index contributed by atoms with van der Waals surface area (Å²) in [7, 11) is 0.276. The van der Waals surface area contributed by atoms with Gasteiger partial charge in [0.15, 0.2) is 8.32 Å². The third kappa shape index (κ3) is 5.94. The minimum atomic E-state index is -1.52. The smallest absolute Gasteiger partial charge is 0.306 e. The molecule has 0 bridgehead atoms. The van der Waals surface area contributed by atoms with Crippen LogP contribution in [0.5, 0.6) is 0 Å². The maximum Gasteiger partial charge on any atom is 0.306 e. The van der Waals surface area contributed by atoms with Gasteiger partial charge in [-0.25, -0.2) is 0 Å². The van der Waals surface area contributed by atoms with Gasteiger partial charge in [-0.3, -0.25) is 4.79 Å². The van der Waals surface area contributed by atoms with Gasteiger partial charge >= 0.3 is 5.97 Å². The molecule has 2 atom stereocenters. The predicted octanol–water partition coefficient (Wildman–Crippen LogP) is 3.12. The van der Waals surface area contributed by atoms with Gasteiger partial charge in [0, 0.05) is 7.11 Å². The average Bonchev–Trinajstić information content (AvgIpc) is 2.18. The standard InChI is InChI=1S/C11H24O3Si/c1-5-8-15(4,14-3)9-6-7-10(2)11(12)13/h10H,5-9H2,1-4H3,(H,12,13).